The van der Waals surface area contributed by atoms with E-state index in [0.717, 1.165) is 19.0 Å². The first kappa shape index (κ1) is 11.7. The minimum atomic E-state index is -0.413. The molecular formula is C12H15ClFNO. The molecule has 1 aliphatic carbocycles. The van der Waals surface area contributed by atoms with Crippen LogP contribution in [0.2, 0.25) is 5.02 Å². The second-order valence-electron chi connectivity index (χ2n) is 4.01. The minimum Gasteiger partial charge on any atom is -0.493 e. The summed E-state index contributed by atoms with van der Waals surface area (Å²) in [5.74, 6) is 0.210. The number of hydrogen-bond acceptors (Lipinski definition) is 2. The van der Waals surface area contributed by atoms with Crippen molar-refractivity contribution in [2.45, 2.75) is 25.3 Å². The average molecular weight is 244 g/mol. The summed E-state index contributed by atoms with van der Waals surface area (Å²) in [6.45, 7) is 1.60. The second-order valence-corrected chi connectivity index (χ2v) is 4.41. The van der Waals surface area contributed by atoms with Crippen LogP contribution in [0.3, 0.4) is 0 Å². The molecule has 2 rings (SSSR count). The standard InChI is InChI=1S/C12H15ClFNO/c13-11-8-10(4-5-12(11)14)16-7-1-6-15-9-2-3-9/h4-5,8-9,15H,1-3,6-7H2. The van der Waals surface area contributed by atoms with Gasteiger partial charge in [0.05, 0.1) is 11.6 Å². The van der Waals surface area contributed by atoms with E-state index in [1.54, 1.807) is 6.07 Å². The van der Waals surface area contributed by atoms with Crippen LogP contribution in [-0.4, -0.2) is 19.2 Å². The van der Waals surface area contributed by atoms with Crippen molar-refractivity contribution in [3.63, 3.8) is 0 Å². The third kappa shape index (κ3) is 3.65. The highest BCUT2D eigenvalue weighted by Crippen LogP contribution is 2.21. The molecule has 1 fully saturated rings. The van der Waals surface area contributed by atoms with Gasteiger partial charge in [-0.3, -0.25) is 0 Å². The number of rotatable bonds is 6. The molecule has 1 aromatic carbocycles. The van der Waals surface area contributed by atoms with Crippen LogP contribution in [0.5, 0.6) is 5.75 Å². The molecule has 0 aromatic heterocycles. The molecule has 0 amide bonds. The molecule has 4 heteroatoms. The van der Waals surface area contributed by atoms with Gasteiger partial charge in [0.1, 0.15) is 11.6 Å². The van der Waals surface area contributed by atoms with E-state index in [4.69, 9.17) is 16.3 Å². The highest BCUT2D eigenvalue weighted by molar-refractivity contribution is 6.30. The first-order valence-electron chi connectivity index (χ1n) is 5.57. The summed E-state index contributed by atoms with van der Waals surface area (Å²) in [5, 5.41) is 3.50. The van der Waals surface area contributed by atoms with Crippen molar-refractivity contribution in [1.82, 2.24) is 5.32 Å². The lowest BCUT2D eigenvalue weighted by Gasteiger charge is -2.07. The minimum absolute atomic E-state index is 0.105. The maximum absolute atomic E-state index is 12.8. The number of nitrogens with one attached hydrogen (secondary N) is 1. The SMILES string of the molecule is Fc1ccc(OCCCNC2CC2)cc1Cl. The number of ether oxygens (including phenoxy) is 1. The maximum atomic E-state index is 12.8. The van der Waals surface area contributed by atoms with Gasteiger partial charge in [-0.05, 0) is 37.9 Å². The lowest BCUT2D eigenvalue weighted by atomic mass is 10.3. The summed E-state index contributed by atoms with van der Waals surface area (Å²) < 4.78 is 18.3. The molecule has 0 spiro atoms. The molecule has 0 saturated heterocycles. The Kier molecular flexibility index (Phi) is 4.02. The number of benzene rings is 1. The second kappa shape index (κ2) is 5.51. The van der Waals surface area contributed by atoms with Gasteiger partial charge in [-0.1, -0.05) is 11.6 Å². The first-order chi connectivity index (χ1) is 7.75. The van der Waals surface area contributed by atoms with E-state index in [0.29, 0.717) is 12.4 Å². The monoisotopic (exact) mass is 243 g/mol. The summed E-state index contributed by atoms with van der Waals surface area (Å²) in [6, 6.07) is 5.15. The van der Waals surface area contributed by atoms with E-state index in [-0.39, 0.29) is 5.02 Å². The predicted molar refractivity (Wildman–Crippen MR) is 62.5 cm³/mol. The highest BCUT2D eigenvalue weighted by Gasteiger charge is 2.19. The van der Waals surface area contributed by atoms with Crippen LogP contribution < -0.4 is 10.1 Å². The van der Waals surface area contributed by atoms with E-state index >= 15 is 0 Å². The average Bonchev–Trinajstić information content (AvgIpc) is 3.07. The van der Waals surface area contributed by atoms with Gasteiger partial charge in [-0.25, -0.2) is 4.39 Å². The summed E-state index contributed by atoms with van der Waals surface area (Å²) in [4.78, 5) is 0. The Balaban J connectivity index is 1.65. The number of halogens is 2. The van der Waals surface area contributed by atoms with Gasteiger partial charge >= 0.3 is 0 Å². The Morgan fingerprint density at radius 2 is 2.25 bits per heavy atom. The lowest BCUT2D eigenvalue weighted by molar-refractivity contribution is 0.307. The predicted octanol–water partition coefficient (Wildman–Crippen LogP) is 3.00. The summed E-state index contributed by atoms with van der Waals surface area (Å²) >= 11 is 5.64. The van der Waals surface area contributed by atoms with Gasteiger partial charge < -0.3 is 10.1 Å². The Hall–Kier alpha value is -0.800. The molecule has 16 heavy (non-hydrogen) atoms. The topological polar surface area (TPSA) is 21.3 Å². The third-order valence-corrected chi connectivity index (χ3v) is 2.78. The van der Waals surface area contributed by atoms with Crippen molar-refractivity contribution >= 4 is 11.6 Å². The van der Waals surface area contributed by atoms with Gasteiger partial charge in [0.2, 0.25) is 0 Å². The van der Waals surface area contributed by atoms with E-state index in [9.17, 15) is 4.39 Å². The van der Waals surface area contributed by atoms with E-state index in [2.05, 4.69) is 5.32 Å². The first-order valence-corrected chi connectivity index (χ1v) is 5.95. The highest BCUT2D eigenvalue weighted by atomic mass is 35.5. The Morgan fingerprint density at radius 3 is 2.94 bits per heavy atom. The molecule has 0 atom stereocenters. The van der Waals surface area contributed by atoms with Crippen LogP contribution in [-0.2, 0) is 0 Å². The Bertz CT molecular complexity index is 355. The maximum Gasteiger partial charge on any atom is 0.142 e. The van der Waals surface area contributed by atoms with Gasteiger partial charge in [0.15, 0.2) is 0 Å². The van der Waals surface area contributed by atoms with Crippen molar-refractivity contribution in [3.05, 3.63) is 29.0 Å². The molecule has 0 unspecified atom stereocenters. The molecule has 0 aliphatic heterocycles. The molecule has 0 bridgehead atoms. The van der Waals surface area contributed by atoms with Crippen LogP contribution in [0.15, 0.2) is 18.2 Å². The zero-order valence-corrected chi connectivity index (χ0v) is 9.77. The lowest BCUT2D eigenvalue weighted by Crippen LogP contribution is -2.19. The van der Waals surface area contributed by atoms with E-state index < -0.39 is 5.82 Å². The van der Waals surface area contributed by atoms with Crippen LogP contribution >= 0.6 is 11.6 Å². The van der Waals surface area contributed by atoms with Crippen LogP contribution in [0, 0.1) is 5.82 Å². The van der Waals surface area contributed by atoms with Crippen molar-refractivity contribution in [3.8, 4) is 5.75 Å². The van der Waals surface area contributed by atoms with Crippen LogP contribution in [0.1, 0.15) is 19.3 Å². The number of hydrogen-bond donors (Lipinski definition) is 1. The van der Waals surface area contributed by atoms with Crippen molar-refractivity contribution in [2.75, 3.05) is 13.2 Å². The normalized spacial score (nSPS) is 15.1. The van der Waals surface area contributed by atoms with E-state index in [1.807, 2.05) is 0 Å². The smallest absolute Gasteiger partial charge is 0.142 e. The molecule has 1 N–H and O–H groups in total. The quantitative estimate of drug-likeness (QED) is 0.776. The summed E-state index contributed by atoms with van der Waals surface area (Å²) in [6.07, 6.45) is 3.55. The van der Waals surface area contributed by atoms with E-state index in [1.165, 1.54) is 25.0 Å². The van der Waals surface area contributed by atoms with Gasteiger partial charge in [0.25, 0.3) is 0 Å². The summed E-state index contributed by atoms with van der Waals surface area (Å²) in [5.41, 5.74) is 0. The van der Waals surface area contributed by atoms with Crippen LogP contribution in [0.4, 0.5) is 4.39 Å². The fourth-order valence-electron chi connectivity index (χ4n) is 1.42. The molecule has 1 saturated carbocycles. The van der Waals surface area contributed by atoms with Crippen molar-refractivity contribution in [1.29, 1.82) is 0 Å². The molecule has 1 aromatic rings. The fourth-order valence-corrected chi connectivity index (χ4v) is 1.59. The van der Waals surface area contributed by atoms with Gasteiger partial charge in [-0.15, -0.1) is 0 Å². The van der Waals surface area contributed by atoms with Crippen LogP contribution in [0.25, 0.3) is 0 Å². The molecular weight excluding hydrogens is 229 g/mol. The zero-order valence-electron chi connectivity index (χ0n) is 9.01. The fraction of sp³-hybridized carbons (Fsp3) is 0.500. The van der Waals surface area contributed by atoms with Gasteiger partial charge in [0, 0.05) is 12.1 Å². The molecule has 0 radical (unpaired) electrons. The molecule has 0 heterocycles. The van der Waals surface area contributed by atoms with Crippen molar-refractivity contribution < 1.29 is 9.13 Å². The largest absolute Gasteiger partial charge is 0.493 e. The molecule has 1 aliphatic rings. The Labute approximate surface area is 99.7 Å². The van der Waals surface area contributed by atoms with Crippen molar-refractivity contribution in [2.24, 2.45) is 0 Å². The summed E-state index contributed by atoms with van der Waals surface area (Å²) in [7, 11) is 0. The molecule has 88 valence electrons. The Morgan fingerprint density at radius 1 is 1.44 bits per heavy atom. The van der Waals surface area contributed by atoms with Gasteiger partial charge in [-0.2, -0.15) is 0 Å². The third-order valence-electron chi connectivity index (χ3n) is 2.49. The molecule has 2 nitrogen and oxygen atoms in total. The zero-order chi connectivity index (χ0) is 11.4.